The lowest BCUT2D eigenvalue weighted by atomic mass is 9.82. The van der Waals surface area contributed by atoms with Gasteiger partial charge in [-0.05, 0) is 36.8 Å². The molecule has 4 atom stereocenters. The summed E-state index contributed by atoms with van der Waals surface area (Å²) in [5.74, 6) is -2.07. The zero-order valence-corrected chi connectivity index (χ0v) is 15.4. The highest BCUT2D eigenvalue weighted by molar-refractivity contribution is 7.89. The number of fused-ring (bicyclic) bond motifs is 5. The summed E-state index contributed by atoms with van der Waals surface area (Å²) in [6, 6.07) is 1.81. The van der Waals surface area contributed by atoms with E-state index in [4.69, 9.17) is 0 Å². The van der Waals surface area contributed by atoms with E-state index in [1.807, 2.05) is 0 Å². The van der Waals surface area contributed by atoms with Crippen LogP contribution in [0.25, 0.3) is 0 Å². The summed E-state index contributed by atoms with van der Waals surface area (Å²) in [7, 11) is -4.02. The zero-order valence-electron chi connectivity index (χ0n) is 14.6. The van der Waals surface area contributed by atoms with Gasteiger partial charge < -0.3 is 4.90 Å². The number of aromatic nitrogens is 3. The van der Waals surface area contributed by atoms with Crippen molar-refractivity contribution in [2.45, 2.75) is 29.8 Å². The molecule has 0 unspecified atom stereocenters. The van der Waals surface area contributed by atoms with E-state index in [0.717, 1.165) is 12.1 Å². The van der Waals surface area contributed by atoms with Crippen molar-refractivity contribution in [2.24, 2.45) is 11.8 Å². The number of sulfonamides is 1. The van der Waals surface area contributed by atoms with Crippen LogP contribution in [0, 0.1) is 23.5 Å². The first-order valence-electron chi connectivity index (χ1n) is 9.01. The highest BCUT2D eigenvalue weighted by Gasteiger charge is 2.60. The fourth-order valence-electron chi connectivity index (χ4n) is 5.10. The lowest BCUT2D eigenvalue weighted by Crippen LogP contribution is -2.41. The van der Waals surface area contributed by atoms with E-state index in [2.05, 4.69) is 15.4 Å². The number of nitrogens with one attached hydrogen (secondary N) is 1. The fraction of sp³-hybridized carbons (Fsp3) is 0.471. The smallest absolute Gasteiger partial charge is 0.276 e. The van der Waals surface area contributed by atoms with Crippen molar-refractivity contribution < 1.29 is 22.0 Å². The lowest BCUT2D eigenvalue weighted by Gasteiger charge is -2.26. The Hall–Kier alpha value is -2.40. The van der Waals surface area contributed by atoms with Crippen LogP contribution < -0.4 is 0 Å². The van der Waals surface area contributed by atoms with Crippen molar-refractivity contribution in [3.63, 3.8) is 0 Å². The van der Waals surface area contributed by atoms with Crippen LogP contribution in [0.5, 0.6) is 0 Å². The zero-order chi connectivity index (χ0) is 19.6. The highest BCUT2D eigenvalue weighted by atomic mass is 32.2. The van der Waals surface area contributed by atoms with Crippen LogP contribution in [0.3, 0.4) is 0 Å². The molecule has 5 rings (SSSR count). The maximum absolute atomic E-state index is 13.6. The van der Waals surface area contributed by atoms with Gasteiger partial charge in [-0.2, -0.15) is 19.7 Å². The summed E-state index contributed by atoms with van der Waals surface area (Å²) in [5.41, 5.74) is 0.229. The molecule has 3 saturated heterocycles. The largest absolute Gasteiger partial charge is 0.336 e. The third-order valence-electron chi connectivity index (χ3n) is 6.15. The molecule has 148 valence electrons. The van der Waals surface area contributed by atoms with E-state index in [1.54, 1.807) is 4.90 Å². The van der Waals surface area contributed by atoms with E-state index in [1.165, 1.54) is 10.5 Å². The molecular weight excluding hydrogens is 392 g/mol. The van der Waals surface area contributed by atoms with Gasteiger partial charge in [0.1, 0.15) is 11.6 Å². The quantitative estimate of drug-likeness (QED) is 0.816. The molecule has 11 heteroatoms. The average molecular weight is 409 g/mol. The Kier molecular flexibility index (Phi) is 3.82. The van der Waals surface area contributed by atoms with Crippen molar-refractivity contribution in [2.75, 3.05) is 13.1 Å². The standard InChI is InChI=1S/C17H17F2N5O3S/c18-9-3-10(19)5-11(4-9)28(26,27)24-15-1-2-16(24)13-8-23(7-12(13)15)17(25)14-6-20-22-21-14/h3-6,12-13,15-16H,1-2,7-8H2,(H,20,21,22)/t12-,13+,15-,16+. The second-order valence-corrected chi connectivity index (χ2v) is 9.39. The number of hydrogen-bond donors (Lipinski definition) is 1. The van der Waals surface area contributed by atoms with E-state index in [9.17, 15) is 22.0 Å². The third kappa shape index (κ3) is 2.49. The Labute approximate surface area is 159 Å². The molecule has 2 bridgehead atoms. The molecule has 0 radical (unpaired) electrons. The van der Waals surface area contributed by atoms with Crippen molar-refractivity contribution in [3.05, 3.63) is 41.7 Å². The predicted octanol–water partition coefficient (Wildman–Crippen LogP) is 1.01. The molecule has 3 aliphatic rings. The molecule has 3 aliphatic heterocycles. The number of H-pyrrole nitrogens is 1. The number of likely N-dealkylation sites (tertiary alicyclic amines) is 1. The molecule has 0 spiro atoms. The van der Waals surface area contributed by atoms with E-state index >= 15 is 0 Å². The molecule has 8 nitrogen and oxygen atoms in total. The molecule has 0 saturated carbocycles. The molecular formula is C17H17F2N5O3S. The van der Waals surface area contributed by atoms with Crippen molar-refractivity contribution in [1.82, 2.24) is 24.6 Å². The molecule has 1 aromatic carbocycles. The topological polar surface area (TPSA) is 99.3 Å². The van der Waals surface area contributed by atoms with Crippen molar-refractivity contribution in [3.8, 4) is 0 Å². The molecule has 1 amide bonds. The molecule has 28 heavy (non-hydrogen) atoms. The van der Waals surface area contributed by atoms with E-state index in [-0.39, 0.29) is 40.4 Å². The fourth-order valence-corrected chi connectivity index (χ4v) is 7.11. The molecule has 4 heterocycles. The van der Waals surface area contributed by atoms with E-state index in [0.29, 0.717) is 32.0 Å². The van der Waals surface area contributed by atoms with Crippen molar-refractivity contribution in [1.29, 1.82) is 0 Å². The number of nitrogens with zero attached hydrogens (tertiary/aromatic N) is 4. The summed E-state index contributed by atoms with van der Waals surface area (Å²) >= 11 is 0. The second-order valence-electron chi connectivity index (χ2n) is 7.55. The highest BCUT2D eigenvalue weighted by Crippen LogP contribution is 2.51. The van der Waals surface area contributed by atoms with Gasteiger partial charge in [-0.25, -0.2) is 17.2 Å². The van der Waals surface area contributed by atoms with Gasteiger partial charge in [0.2, 0.25) is 10.0 Å². The Morgan fingerprint density at radius 3 is 2.21 bits per heavy atom. The summed E-state index contributed by atoms with van der Waals surface area (Å²) in [6.07, 6.45) is 2.71. The maximum atomic E-state index is 13.6. The summed E-state index contributed by atoms with van der Waals surface area (Å²) in [6.45, 7) is 0.863. The summed E-state index contributed by atoms with van der Waals surface area (Å²) < 4.78 is 54.8. The van der Waals surface area contributed by atoms with Gasteiger partial charge in [-0.1, -0.05) is 0 Å². The van der Waals surface area contributed by atoms with E-state index < -0.39 is 21.7 Å². The Morgan fingerprint density at radius 2 is 1.68 bits per heavy atom. The van der Waals surface area contributed by atoms with Gasteiger partial charge >= 0.3 is 0 Å². The molecule has 1 N–H and O–H groups in total. The summed E-state index contributed by atoms with van der Waals surface area (Å²) in [5, 5.41) is 9.88. The molecule has 1 aromatic heterocycles. The minimum atomic E-state index is -4.02. The normalized spacial score (nSPS) is 29.4. The molecule has 3 fully saturated rings. The van der Waals surface area contributed by atoms with Crippen LogP contribution in [0.4, 0.5) is 8.78 Å². The van der Waals surface area contributed by atoms with Crippen LogP contribution in [0.15, 0.2) is 29.3 Å². The number of carbonyl (C=O) groups excluding carboxylic acids is 1. The second kappa shape index (κ2) is 6.05. The van der Waals surface area contributed by atoms with Crippen LogP contribution in [-0.2, 0) is 10.0 Å². The summed E-state index contributed by atoms with van der Waals surface area (Å²) in [4.78, 5) is 13.9. The van der Waals surface area contributed by atoms with Gasteiger partial charge in [-0.15, -0.1) is 0 Å². The number of amides is 1. The minimum Gasteiger partial charge on any atom is -0.336 e. The van der Waals surface area contributed by atoms with Crippen LogP contribution >= 0.6 is 0 Å². The van der Waals surface area contributed by atoms with Gasteiger partial charge in [0.15, 0.2) is 5.69 Å². The SMILES string of the molecule is O=C(c1cn[nH]n1)N1C[C@@H]2[C@H](C1)[C@@H]1CC[C@H]2N1S(=O)(=O)c1cc(F)cc(F)c1. The number of aromatic amines is 1. The number of hydrogen-bond acceptors (Lipinski definition) is 5. The first kappa shape index (κ1) is 17.7. The lowest BCUT2D eigenvalue weighted by molar-refractivity contribution is 0.0767. The minimum absolute atomic E-state index is 0.00258. The van der Waals surface area contributed by atoms with Crippen LogP contribution in [0.1, 0.15) is 23.3 Å². The third-order valence-corrected chi connectivity index (χ3v) is 8.07. The van der Waals surface area contributed by atoms with Crippen molar-refractivity contribution >= 4 is 15.9 Å². The van der Waals surface area contributed by atoms with Gasteiger partial charge in [0.25, 0.3) is 5.91 Å². The number of halogens is 2. The van der Waals surface area contributed by atoms with Crippen LogP contribution in [-0.4, -0.2) is 64.1 Å². The first-order valence-corrected chi connectivity index (χ1v) is 10.4. The Bertz CT molecular complexity index is 1000. The van der Waals surface area contributed by atoms with Crippen LogP contribution in [0.2, 0.25) is 0 Å². The van der Waals surface area contributed by atoms with Gasteiger partial charge in [0, 0.05) is 31.2 Å². The molecule has 0 aliphatic carbocycles. The Morgan fingerprint density at radius 1 is 1.07 bits per heavy atom. The maximum Gasteiger partial charge on any atom is 0.276 e. The predicted molar refractivity (Wildman–Crippen MR) is 91.5 cm³/mol. The Balaban J connectivity index is 1.42. The number of rotatable bonds is 3. The first-order chi connectivity index (χ1) is 13.4. The van der Waals surface area contributed by atoms with Gasteiger partial charge in [-0.3, -0.25) is 4.79 Å². The number of carbonyl (C=O) groups is 1. The number of benzene rings is 1. The monoisotopic (exact) mass is 409 g/mol. The average Bonchev–Trinajstić information content (AvgIpc) is 3.41. The molecule has 2 aromatic rings. The van der Waals surface area contributed by atoms with Gasteiger partial charge in [0.05, 0.1) is 11.1 Å².